The maximum absolute atomic E-state index is 14.2. The second kappa shape index (κ2) is 14.8. The fourth-order valence-corrected chi connectivity index (χ4v) is 4.54. The second-order valence-electron chi connectivity index (χ2n) is 11.8. The van der Waals surface area contributed by atoms with E-state index in [2.05, 4.69) is 5.32 Å². The van der Waals surface area contributed by atoms with E-state index in [0.717, 1.165) is 16.7 Å². The van der Waals surface area contributed by atoms with Crippen LogP contribution in [0.25, 0.3) is 11.1 Å². The molecular weight excluding hydrogens is 549 g/mol. The molecule has 0 heterocycles. The van der Waals surface area contributed by atoms with Crippen LogP contribution in [0.15, 0.2) is 78.9 Å². The number of hydrogen-bond donors (Lipinski definition) is 2. The highest BCUT2D eigenvalue weighted by molar-refractivity contribution is 5.91. The Hall–Kier alpha value is -4.24. The van der Waals surface area contributed by atoms with Gasteiger partial charge in [0.05, 0.1) is 6.10 Å². The third-order valence-electron chi connectivity index (χ3n) is 6.96. The second-order valence-corrected chi connectivity index (χ2v) is 11.8. The first kappa shape index (κ1) is 33.3. The summed E-state index contributed by atoms with van der Waals surface area (Å²) in [4.78, 5) is 43.2. The van der Waals surface area contributed by atoms with E-state index in [4.69, 9.17) is 4.74 Å². The molecule has 0 saturated carbocycles. The summed E-state index contributed by atoms with van der Waals surface area (Å²) in [6.45, 7) is 6.77. The van der Waals surface area contributed by atoms with Crippen LogP contribution in [0.5, 0.6) is 0 Å². The van der Waals surface area contributed by atoms with Gasteiger partial charge >= 0.3 is 6.09 Å². The van der Waals surface area contributed by atoms with E-state index in [0.29, 0.717) is 5.56 Å². The Morgan fingerprint density at radius 2 is 1.33 bits per heavy atom. The smallest absolute Gasteiger partial charge is 0.410 e. The molecule has 0 spiro atoms. The van der Waals surface area contributed by atoms with E-state index in [-0.39, 0.29) is 19.4 Å². The number of hydrogen-bond acceptors (Lipinski definition) is 5. The Morgan fingerprint density at radius 1 is 0.814 bits per heavy atom. The van der Waals surface area contributed by atoms with Gasteiger partial charge in [0.1, 0.15) is 23.5 Å². The lowest BCUT2D eigenvalue weighted by Crippen LogP contribution is -2.56. The average Bonchev–Trinajstić information content (AvgIpc) is 2.97. The SMILES string of the molecule is C[C@@H](O)CNC(=O)[C@@H](Cc1ccc(F)cc1)N(C)C(=O)[C@@H](Cc1ccc(-c2ccccc2)cc1)N(C)C(=O)OC(C)(C)C. The minimum absolute atomic E-state index is 0.00418. The minimum atomic E-state index is -0.997. The lowest BCUT2D eigenvalue weighted by atomic mass is 9.98. The fraction of sp³-hybridized carbons (Fsp3) is 0.382. The number of carbonyl (C=O) groups excluding carboxylic acids is 3. The number of carbonyl (C=O) groups is 3. The quantitative estimate of drug-likeness (QED) is 0.333. The molecule has 0 saturated heterocycles. The number of aliphatic hydroxyl groups is 1. The summed E-state index contributed by atoms with van der Waals surface area (Å²) in [5, 5.41) is 12.4. The number of ether oxygens (including phenoxy) is 1. The van der Waals surface area contributed by atoms with Gasteiger partial charge in [-0.2, -0.15) is 0 Å². The standard InChI is InChI=1S/C34H42FN3O5/c1-23(39)22-36-31(40)29(20-25-14-18-28(35)19-15-25)37(5)32(41)30(38(6)33(42)43-34(2,3)4)21-24-12-16-27(17-13-24)26-10-8-7-9-11-26/h7-19,23,29-30,39H,20-22H2,1-6H3,(H,36,40)/t23-,29-,30-/m1/s1. The topological polar surface area (TPSA) is 99.2 Å². The lowest BCUT2D eigenvalue weighted by Gasteiger charge is -2.35. The van der Waals surface area contributed by atoms with Gasteiger partial charge in [0.25, 0.3) is 0 Å². The number of benzene rings is 3. The van der Waals surface area contributed by atoms with Crippen molar-refractivity contribution in [3.63, 3.8) is 0 Å². The molecule has 0 aromatic heterocycles. The van der Waals surface area contributed by atoms with Crippen LogP contribution < -0.4 is 5.32 Å². The van der Waals surface area contributed by atoms with Crippen molar-refractivity contribution < 1.29 is 28.6 Å². The molecule has 3 aromatic rings. The molecule has 0 fully saturated rings. The summed E-state index contributed by atoms with van der Waals surface area (Å²) in [5.74, 6) is -1.37. The number of aliphatic hydroxyl groups excluding tert-OH is 1. The minimum Gasteiger partial charge on any atom is -0.444 e. The van der Waals surface area contributed by atoms with Crippen LogP contribution in [-0.2, 0) is 27.2 Å². The molecule has 9 heteroatoms. The maximum atomic E-state index is 14.2. The van der Waals surface area contributed by atoms with Crippen LogP contribution in [-0.4, -0.2) is 77.2 Å². The van der Waals surface area contributed by atoms with Crippen LogP contribution in [0, 0.1) is 5.82 Å². The molecule has 230 valence electrons. The number of rotatable bonds is 11. The fourth-order valence-electron chi connectivity index (χ4n) is 4.54. The molecule has 3 amide bonds. The van der Waals surface area contributed by atoms with Crippen molar-refractivity contribution in [1.82, 2.24) is 15.1 Å². The zero-order chi connectivity index (χ0) is 31.7. The van der Waals surface area contributed by atoms with Crippen molar-refractivity contribution in [3.8, 4) is 11.1 Å². The molecule has 3 atom stereocenters. The van der Waals surface area contributed by atoms with Gasteiger partial charge in [-0.25, -0.2) is 9.18 Å². The van der Waals surface area contributed by atoms with Gasteiger partial charge in [-0.05, 0) is 62.1 Å². The van der Waals surface area contributed by atoms with Crippen molar-refractivity contribution in [2.45, 2.75) is 64.3 Å². The van der Waals surface area contributed by atoms with Crippen molar-refractivity contribution >= 4 is 17.9 Å². The van der Waals surface area contributed by atoms with Gasteiger partial charge in [-0.15, -0.1) is 0 Å². The van der Waals surface area contributed by atoms with Crippen molar-refractivity contribution in [1.29, 1.82) is 0 Å². The summed E-state index contributed by atoms with van der Waals surface area (Å²) < 4.78 is 19.2. The Morgan fingerprint density at radius 3 is 1.86 bits per heavy atom. The van der Waals surface area contributed by atoms with Gasteiger partial charge in [-0.1, -0.05) is 66.7 Å². The summed E-state index contributed by atoms with van der Waals surface area (Å²) in [7, 11) is 3.01. The van der Waals surface area contributed by atoms with E-state index in [1.54, 1.807) is 39.8 Å². The van der Waals surface area contributed by atoms with Crippen LogP contribution in [0.1, 0.15) is 38.8 Å². The van der Waals surface area contributed by atoms with Gasteiger partial charge in [-0.3, -0.25) is 14.5 Å². The average molecular weight is 592 g/mol. The molecule has 0 aliphatic heterocycles. The Labute approximate surface area is 253 Å². The molecule has 8 nitrogen and oxygen atoms in total. The van der Waals surface area contributed by atoms with Gasteiger partial charge in [0, 0.05) is 33.5 Å². The number of halogens is 1. The van der Waals surface area contributed by atoms with Gasteiger partial charge < -0.3 is 20.1 Å². The van der Waals surface area contributed by atoms with E-state index < -0.39 is 47.5 Å². The molecule has 0 radical (unpaired) electrons. The Bertz CT molecular complexity index is 1360. The maximum Gasteiger partial charge on any atom is 0.410 e. The number of nitrogens with one attached hydrogen (secondary N) is 1. The lowest BCUT2D eigenvalue weighted by molar-refractivity contribution is -0.142. The molecular formula is C34H42FN3O5. The number of nitrogens with zero attached hydrogens (tertiary/aromatic N) is 2. The van der Waals surface area contributed by atoms with Gasteiger partial charge in [0.2, 0.25) is 11.8 Å². The third kappa shape index (κ3) is 9.92. The van der Waals surface area contributed by atoms with Gasteiger partial charge in [0.15, 0.2) is 0 Å². The predicted octanol–water partition coefficient (Wildman–Crippen LogP) is 4.84. The highest BCUT2D eigenvalue weighted by Gasteiger charge is 2.36. The third-order valence-corrected chi connectivity index (χ3v) is 6.96. The molecule has 2 N–H and O–H groups in total. The molecule has 0 aliphatic rings. The highest BCUT2D eigenvalue weighted by atomic mass is 19.1. The number of amides is 3. The Balaban J connectivity index is 1.93. The summed E-state index contributed by atoms with van der Waals surface area (Å²) in [6, 6.07) is 21.4. The molecule has 3 aromatic carbocycles. The van der Waals surface area contributed by atoms with Crippen molar-refractivity contribution in [3.05, 3.63) is 95.8 Å². The van der Waals surface area contributed by atoms with Crippen molar-refractivity contribution in [2.24, 2.45) is 0 Å². The van der Waals surface area contributed by atoms with Crippen molar-refractivity contribution in [2.75, 3.05) is 20.6 Å². The predicted molar refractivity (Wildman–Crippen MR) is 165 cm³/mol. The molecule has 0 aliphatic carbocycles. The summed E-state index contributed by atoms with van der Waals surface area (Å²) in [5.41, 5.74) is 2.74. The zero-order valence-electron chi connectivity index (χ0n) is 25.7. The molecule has 0 bridgehead atoms. The first-order valence-electron chi connectivity index (χ1n) is 14.3. The highest BCUT2D eigenvalue weighted by Crippen LogP contribution is 2.22. The van der Waals surface area contributed by atoms with Crippen LogP contribution in [0.2, 0.25) is 0 Å². The molecule has 3 rings (SSSR count). The number of likely N-dealkylation sites (N-methyl/N-ethyl adjacent to an activating group) is 2. The van der Waals surface area contributed by atoms with E-state index >= 15 is 0 Å². The largest absolute Gasteiger partial charge is 0.444 e. The first-order chi connectivity index (χ1) is 20.2. The normalized spacial score (nSPS) is 13.4. The summed E-state index contributed by atoms with van der Waals surface area (Å²) in [6.07, 6.45) is -1.19. The van der Waals surface area contributed by atoms with E-state index in [9.17, 15) is 23.9 Å². The van der Waals surface area contributed by atoms with Crippen LogP contribution in [0.3, 0.4) is 0 Å². The van der Waals surface area contributed by atoms with Crippen LogP contribution >= 0.6 is 0 Å². The monoisotopic (exact) mass is 591 g/mol. The molecule has 43 heavy (non-hydrogen) atoms. The first-order valence-corrected chi connectivity index (χ1v) is 14.3. The van der Waals surface area contributed by atoms with Crippen LogP contribution in [0.4, 0.5) is 9.18 Å². The summed E-state index contributed by atoms with van der Waals surface area (Å²) >= 11 is 0. The Kier molecular flexibility index (Phi) is 11.4. The molecule has 0 unspecified atom stereocenters. The zero-order valence-corrected chi connectivity index (χ0v) is 25.7. The van der Waals surface area contributed by atoms with E-state index in [1.165, 1.54) is 36.0 Å². The van der Waals surface area contributed by atoms with E-state index in [1.807, 2.05) is 54.6 Å².